The molecule has 0 aliphatic carbocycles. The average Bonchev–Trinajstić information content (AvgIpc) is 1.61. The van der Waals surface area contributed by atoms with Crippen molar-refractivity contribution in [1.29, 1.82) is 0 Å². The molecule has 0 saturated carbocycles. The zero-order valence-electron chi connectivity index (χ0n) is 7.99. The van der Waals surface area contributed by atoms with Crippen LogP contribution in [0.25, 0.3) is 0 Å². The van der Waals surface area contributed by atoms with Gasteiger partial charge in [0.15, 0.2) is 0 Å². The Hall–Kier alpha value is 0.0249. The van der Waals surface area contributed by atoms with E-state index >= 15 is 0 Å². The van der Waals surface area contributed by atoms with Crippen LogP contribution in [-0.2, 0) is 4.65 Å². The fourth-order valence-electron chi connectivity index (χ4n) is 0.471. The van der Waals surface area contributed by atoms with E-state index in [1.165, 1.54) is 0 Å². The van der Waals surface area contributed by atoms with Crippen LogP contribution in [0, 0.1) is 5.41 Å². The van der Waals surface area contributed by atoms with Gasteiger partial charge in [-0.25, -0.2) is 0 Å². The molecule has 0 unspecified atom stereocenters. The lowest BCUT2D eigenvalue weighted by Gasteiger charge is -2.38. The molecule has 0 amide bonds. The summed E-state index contributed by atoms with van der Waals surface area (Å²) in [6, 6.07) is 0. The van der Waals surface area contributed by atoms with Gasteiger partial charge in [-0.1, -0.05) is 27.6 Å². The summed E-state index contributed by atoms with van der Waals surface area (Å²) in [6.07, 6.45) is 0. The zero-order chi connectivity index (χ0) is 8.41. The van der Waals surface area contributed by atoms with E-state index in [-0.39, 0.29) is 11.0 Å². The molecule has 0 aromatic rings. The van der Waals surface area contributed by atoms with Gasteiger partial charge in [0.25, 0.3) is 7.48 Å². The summed E-state index contributed by atoms with van der Waals surface area (Å²) in [5.41, 5.74) is 0.126. The molecule has 1 nitrogen and oxygen atoms in total. The predicted molar refractivity (Wildman–Crippen MR) is 46.2 cm³/mol. The molecule has 0 heterocycles. The van der Waals surface area contributed by atoms with Crippen LogP contribution in [0.1, 0.15) is 34.6 Å². The van der Waals surface area contributed by atoms with Crippen molar-refractivity contribution < 1.29 is 4.65 Å². The van der Waals surface area contributed by atoms with Crippen LogP contribution in [0.5, 0.6) is 0 Å². The van der Waals surface area contributed by atoms with Gasteiger partial charge in [-0.05, 0) is 19.3 Å². The quantitative estimate of drug-likeness (QED) is 0.536. The molecule has 0 aliphatic heterocycles. The molecule has 2 heteroatoms. The van der Waals surface area contributed by atoms with E-state index in [0.717, 1.165) is 0 Å². The van der Waals surface area contributed by atoms with Gasteiger partial charge in [0.05, 0.1) is 0 Å². The molecule has 1 radical (unpaired) electrons. The third-order valence-corrected chi connectivity index (χ3v) is 2.22. The fraction of sp³-hybridized carbons (Fsp3) is 1.00. The first-order valence-electron chi connectivity index (χ1n) is 3.77. The Morgan fingerprint density at radius 3 is 1.50 bits per heavy atom. The summed E-state index contributed by atoms with van der Waals surface area (Å²) in [5, 5.41) is 0. The van der Waals surface area contributed by atoms with E-state index in [1.54, 1.807) is 7.48 Å². The number of hydrogen-bond acceptors (Lipinski definition) is 1. The lowest BCUT2D eigenvalue weighted by molar-refractivity contribution is 0.00394. The van der Waals surface area contributed by atoms with Crippen LogP contribution in [-0.4, -0.2) is 13.1 Å². The van der Waals surface area contributed by atoms with Crippen LogP contribution < -0.4 is 0 Å². The Kier molecular flexibility index (Phi) is 2.96. The predicted octanol–water partition coefficient (Wildman–Crippen LogP) is 2.50. The first kappa shape index (κ1) is 10.0. The van der Waals surface area contributed by atoms with Crippen molar-refractivity contribution in [1.82, 2.24) is 0 Å². The minimum Gasteiger partial charge on any atom is -0.436 e. The van der Waals surface area contributed by atoms with Crippen molar-refractivity contribution in [3.63, 3.8) is 0 Å². The highest BCUT2D eigenvalue weighted by molar-refractivity contribution is 6.25. The van der Waals surface area contributed by atoms with Crippen LogP contribution in [0.2, 0.25) is 6.82 Å². The van der Waals surface area contributed by atoms with Gasteiger partial charge >= 0.3 is 0 Å². The zero-order valence-corrected chi connectivity index (χ0v) is 7.99. The normalized spacial score (nSPS) is 13.4. The van der Waals surface area contributed by atoms with E-state index in [9.17, 15) is 0 Å². The summed E-state index contributed by atoms with van der Waals surface area (Å²) in [6.45, 7) is 12.6. The molecule has 0 spiro atoms. The van der Waals surface area contributed by atoms with Gasteiger partial charge in [-0.15, -0.1) is 0 Å². The standard InChI is InChI=1S/C8H18BO/c1-7(2,3)8(4,5)10-9-6/h1-6H3. The molecule has 0 atom stereocenters. The fourth-order valence-corrected chi connectivity index (χ4v) is 0.471. The van der Waals surface area contributed by atoms with Crippen LogP contribution in [0.15, 0.2) is 0 Å². The topological polar surface area (TPSA) is 9.23 Å². The first-order chi connectivity index (χ1) is 4.31. The lowest BCUT2D eigenvalue weighted by Crippen LogP contribution is -2.40. The van der Waals surface area contributed by atoms with Crippen molar-refractivity contribution in [2.24, 2.45) is 5.41 Å². The third-order valence-electron chi connectivity index (χ3n) is 2.22. The second-order valence-corrected chi connectivity index (χ2v) is 4.11. The first-order valence-corrected chi connectivity index (χ1v) is 3.77. The van der Waals surface area contributed by atoms with Crippen LogP contribution in [0.4, 0.5) is 0 Å². The Bertz CT molecular complexity index is 102. The molecule has 59 valence electrons. The number of hydrogen-bond donors (Lipinski definition) is 0. The summed E-state index contributed by atoms with van der Waals surface area (Å²) in [5.74, 6) is 0. The van der Waals surface area contributed by atoms with Gasteiger partial charge in [-0.2, -0.15) is 0 Å². The molecule has 0 aromatic carbocycles. The van der Waals surface area contributed by atoms with Crippen LogP contribution in [0.3, 0.4) is 0 Å². The molecule has 0 bridgehead atoms. The maximum absolute atomic E-state index is 5.47. The molecular weight excluding hydrogens is 123 g/mol. The largest absolute Gasteiger partial charge is 0.436 e. The highest BCUT2D eigenvalue weighted by Gasteiger charge is 2.32. The maximum atomic E-state index is 5.47. The van der Waals surface area contributed by atoms with Crippen LogP contribution >= 0.6 is 0 Å². The van der Waals surface area contributed by atoms with Gasteiger partial charge in [0, 0.05) is 5.60 Å². The molecule has 0 N–H and O–H groups in total. The molecule has 0 saturated heterocycles. The smallest absolute Gasteiger partial charge is 0.289 e. The van der Waals surface area contributed by atoms with Crippen molar-refractivity contribution in [3.05, 3.63) is 0 Å². The average molecular weight is 141 g/mol. The second-order valence-electron chi connectivity index (χ2n) is 4.11. The maximum Gasteiger partial charge on any atom is 0.289 e. The Balaban J connectivity index is 4.10. The van der Waals surface area contributed by atoms with Gasteiger partial charge < -0.3 is 4.65 Å². The van der Waals surface area contributed by atoms with Gasteiger partial charge in [0.1, 0.15) is 0 Å². The molecule has 0 aromatic heterocycles. The molecule has 0 aliphatic rings. The van der Waals surface area contributed by atoms with Gasteiger partial charge in [0.2, 0.25) is 0 Å². The summed E-state index contributed by atoms with van der Waals surface area (Å²) in [4.78, 5) is 0. The summed E-state index contributed by atoms with van der Waals surface area (Å²) in [7, 11) is 1.76. The monoisotopic (exact) mass is 141 g/mol. The summed E-state index contributed by atoms with van der Waals surface area (Å²) >= 11 is 0. The van der Waals surface area contributed by atoms with Crippen molar-refractivity contribution in [2.45, 2.75) is 47.0 Å². The number of rotatable bonds is 2. The molecular formula is C8H18BO. The minimum absolute atomic E-state index is 0.0677. The molecule has 10 heavy (non-hydrogen) atoms. The van der Waals surface area contributed by atoms with Crippen molar-refractivity contribution in [3.8, 4) is 0 Å². The van der Waals surface area contributed by atoms with E-state index in [0.29, 0.717) is 0 Å². The highest BCUT2D eigenvalue weighted by atomic mass is 16.5. The highest BCUT2D eigenvalue weighted by Crippen LogP contribution is 2.32. The van der Waals surface area contributed by atoms with Crippen molar-refractivity contribution >= 4 is 7.48 Å². The third kappa shape index (κ3) is 2.33. The van der Waals surface area contributed by atoms with Gasteiger partial charge in [-0.3, -0.25) is 0 Å². The molecule has 0 fully saturated rings. The Labute approximate surface area is 65.4 Å². The SMILES string of the molecule is C[B]OC(C)(C)C(C)(C)C. The minimum atomic E-state index is -0.0677. The molecule has 0 rings (SSSR count). The van der Waals surface area contributed by atoms with E-state index in [2.05, 4.69) is 34.6 Å². The second kappa shape index (κ2) is 2.95. The van der Waals surface area contributed by atoms with E-state index < -0.39 is 0 Å². The summed E-state index contributed by atoms with van der Waals surface area (Å²) < 4.78 is 5.47. The Morgan fingerprint density at radius 2 is 1.40 bits per heavy atom. The lowest BCUT2D eigenvalue weighted by atomic mass is 9.78. The van der Waals surface area contributed by atoms with E-state index in [4.69, 9.17) is 4.65 Å². The van der Waals surface area contributed by atoms with E-state index in [1.807, 2.05) is 6.82 Å². The van der Waals surface area contributed by atoms with Crippen molar-refractivity contribution in [2.75, 3.05) is 0 Å². The Morgan fingerprint density at radius 1 is 1.00 bits per heavy atom.